The number of nitrogens with zero attached hydrogens (tertiary/aromatic N) is 2. The SMILES string of the molecule is CCOc1cc(C(F)(F)F)nn1-c1ccc(CO)cc1. The fourth-order valence-corrected chi connectivity index (χ4v) is 1.68. The van der Waals surface area contributed by atoms with E-state index in [4.69, 9.17) is 9.84 Å². The third-order valence-electron chi connectivity index (χ3n) is 2.62. The minimum Gasteiger partial charge on any atom is -0.478 e. The fourth-order valence-electron chi connectivity index (χ4n) is 1.68. The summed E-state index contributed by atoms with van der Waals surface area (Å²) in [5.74, 6) is 0.0246. The number of ether oxygens (including phenoxy) is 1. The van der Waals surface area contributed by atoms with Gasteiger partial charge in [-0.15, -0.1) is 0 Å². The summed E-state index contributed by atoms with van der Waals surface area (Å²) in [7, 11) is 0. The van der Waals surface area contributed by atoms with E-state index in [1.807, 2.05) is 0 Å². The predicted octanol–water partition coefficient (Wildman–Crippen LogP) is 2.78. The molecule has 0 saturated carbocycles. The van der Waals surface area contributed by atoms with Crippen LogP contribution in [0.1, 0.15) is 18.2 Å². The Labute approximate surface area is 113 Å². The summed E-state index contributed by atoms with van der Waals surface area (Å²) in [4.78, 5) is 0. The molecule has 1 N–H and O–H groups in total. The van der Waals surface area contributed by atoms with E-state index in [1.54, 1.807) is 31.2 Å². The van der Waals surface area contributed by atoms with Crippen LogP contribution in [0, 0.1) is 0 Å². The Kier molecular flexibility index (Phi) is 3.99. The summed E-state index contributed by atoms with van der Waals surface area (Å²) in [6, 6.07) is 7.23. The maximum Gasteiger partial charge on any atom is 0.435 e. The van der Waals surface area contributed by atoms with Crippen LogP contribution in [0.5, 0.6) is 5.88 Å². The zero-order valence-corrected chi connectivity index (χ0v) is 10.7. The second-order valence-electron chi connectivity index (χ2n) is 4.03. The van der Waals surface area contributed by atoms with Crippen LogP contribution in [-0.2, 0) is 12.8 Å². The average molecular weight is 286 g/mol. The van der Waals surface area contributed by atoms with Gasteiger partial charge in [0.15, 0.2) is 5.69 Å². The first-order valence-corrected chi connectivity index (χ1v) is 5.96. The molecule has 0 radical (unpaired) electrons. The molecule has 0 unspecified atom stereocenters. The number of hydrogen-bond donors (Lipinski definition) is 1. The number of rotatable bonds is 4. The summed E-state index contributed by atoms with van der Waals surface area (Å²) in [6.07, 6.45) is -4.53. The number of aliphatic hydroxyl groups excluding tert-OH is 1. The zero-order chi connectivity index (χ0) is 14.8. The van der Waals surface area contributed by atoms with Gasteiger partial charge in [-0.2, -0.15) is 18.3 Å². The van der Waals surface area contributed by atoms with E-state index in [2.05, 4.69) is 5.10 Å². The topological polar surface area (TPSA) is 47.3 Å². The Morgan fingerprint density at radius 3 is 2.40 bits per heavy atom. The Balaban J connectivity index is 2.44. The first-order valence-electron chi connectivity index (χ1n) is 5.96. The molecule has 1 aromatic heterocycles. The van der Waals surface area contributed by atoms with Crippen molar-refractivity contribution in [2.24, 2.45) is 0 Å². The molecule has 0 atom stereocenters. The van der Waals surface area contributed by atoms with Crippen molar-refractivity contribution >= 4 is 0 Å². The molecule has 0 aliphatic heterocycles. The van der Waals surface area contributed by atoms with Crippen molar-refractivity contribution in [3.05, 3.63) is 41.6 Å². The van der Waals surface area contributed by atoms with E-state index in [0.29, 0.717) is 11.3 Å². The summed E-state index contributed by atoms with van der Waals surface area (Å²) >= 11 is 0. The van der Waals surface area contributed by atoms with Crippen molar-refractivity contribution in [3.63, 3.8) is 0 Å². The highest BCUT2D eigenvalue weighted by atomic mass is 19.4. The zero-order valence-electron chi connectivity index (χ0n) is 10.7. The smallest absolute Gasteiger partial charge is 0.435 e. The molecule has 0 saturated heterocycles. The van der Waals surface area contributed by atoms with Crippen LogP contribution in [0.4, 0.5) is 13.2 Å². The molecule has 0 bridgehead atoms. The molecule has 0 aliphatic carbocycles. The third-order valence-corrected chi connectivity index (χ3v) is 2.62. The second kappa shape index (κ2) is 5.54. The van der Waals surface area contributed by atoms with Crippen LogP contribution < -0.4 is 4.74 Å². The van der Waals surface area contributed by atoms with E-state index in [-0.39, 0.29) is 19.1 Å². The molecular weight excluding hydrogens is 273 g/mol. The standard InChI is InChI=1S/C13H13F3N2O2/c1-2-20-12-7-11(13(14,15)16)17-18(12)10-5-3-9(8-19)4-6-10/h3-7,19H,2,8H2,1H3. The van der Waals surface area contributed by atoms with Gasteiger partial charge in [-0.1, -0.05) is 12.1 Å². The van der Waals surface area contributed by atoms with Crippen molar-refractivity contribution in [3.8, 4) is 11.6 Å². The number of alkyl halides is 3. The van der Waals surface area contributed by atoms with Crippen molar-refractivity contribution in [1.82, 2.24) is 9.78 Å². The van der Waals surface area contributed by atoms with Crippen molar-refractivity contribution in [1.29, 1.82) is 0 Å². The summed E-state index contributed by atoms with van der Waals surface area (Å²) in [5.41, 5.74) is 0.0863. The lowest BCUT2D eigenvalue weighted by atomic mass is 10.2. The van der Waals surface area contributed by atoms with Gasteiger partial charge in [-0.3, -0.25) is 0 Å². The van der Waals surface area contributed by atoms with E-state index in [0.717, 1.165) is 10.7 Å². The van der Waals surface area contributed by atoms with Gasteiger partial charge in [-0.05, 0) is 24.6 Å². The Morgan fingerprint density at radius 2 is 1.90 bits per heavy atom. The fraction of sp³-hybridized carbons (Fsp3) is 0.308. The molecule has 0 spiro atoms. The van der Waals surface area contributed by atoms with Gasteiger partial charge in [-0.25, -0.2) is 4.68 Å². The van der Waals surface area contributed by atoms with Crippen molar-refractivity contribution in [2.45, 2.75) is 19.7 Å². The number of benzene rings is 1. The number of halogens is 3. The highest BCUT2D eigenvalue weighted by Gasteiger charge is 2.35. The third kappa shape index (κ3) is 2.93. The first kappa shape index (κ1) is 14.4. The quantitative estimate of drug-likeness (QED) is 0.940. The highest BCUT2D eigenvalue weighted by Crippen LogP contribution is 2.32. The normalized spacial score (nSPS) is 11.7. The summed E-state index contributed by atoms with van der Waals surface area (Å²) in [5, 5.41) is 12.5. The maximum atomic E-state index is 12.7. The van der Waals surface area contributed by atoms with Crippen LogP contribution in [0.15, 0.2) is 30.3 Å². The molecule has 7 heteroatoms. The van der Waals surface area contributed by atoms with Gasteiger partial charge >= 0.3 is 6.18 Å². The van der Waals surface area contributed by atoms with Gasteiger partial charge in [0.1, 0.15) is 0 Å². The van der Waals surface area contributed by atoms with E-state index < -0.39 is 11.9 Å². The molecular formula is C13H13F3N2O2. The lowest BCUT2D eigenvalue weighted by Crippen LogP contribution is -2.07. The molecule has 20 heavy (non-hydrogen) atoms. The van der Waals surface area contributed by atoms with E-state index >= 15 is 0 Å². The van der Waals surface area contributed by atoms with Crippen LogP contribution in [-0.4, -0.2) is 21.5 Å². The lowest BCUT2D eigenvalue weighted by molar-refractivity contribution is -0.141. The molecule has 0 aliphatic rings. The Bertz CT molecular complexity index is 576. The molecule has 108 valence electrons. The maximum absolute atomic E-state index is 12.7. The van der Waals surface area contributed by atoms with Gasteiger partial charge < -0.3 is 9.84 Å². The minimum absolute atomic E-state index is 0.0246. The van der Waals surface area contributed by atoms with Crippen LogP contribution in [0.2, 0.25) is 0 Å². The van der Waals surface area contributed by atoms with Gasteiger partial charge in [0, 0.05) is 6.07 Å². The van der Waals surface area contributed by atoms with Crippen LogP contribution >= 0.6 is 0 Å². The highest BCUT2D eigenvalue weighted by molar-refractivity contribution is 5.38. The number of hydrogen-bond acceptors (Lipinski definition) is 3. The van der Waals surface area contributed by atoms with Crippen molar-refractivity contribution < 1.29 is 23.0 Å². The molecule has 2 aromatic rings. The monoisotopic (exact) mass is 286 g/mol. The molecule has 1 heterocycles. The van der Waals surface area contributed by atoms with Gasteiger partial charge in [0.25, 0.3) is 0 Å². The van der Waals surface area contributed by atoms with Crippen LogP contribution in [0.25, 0.3) is 5.69 Å². The lowest BCUT2D eigenvalue weighted by Gasteiger charge is -2.07. The summed E-state index contributed by atoms with van der Waals surface area (Å²) < 4.78 is 44.3. The predicted molar refractivity (Wildman–Crippen MR) is 65.7 cm³/mol. The molecule has 0 fully saturated rings. The largest absolute Gasteiger partial charge is 0.478 e. The van der Waals surface area contributed by atoms with Crippen LogP contribution in [0.3, 0.4) is 0 Å². The first-order chi connectivity index (χ1) is 9.45. The molecule has 4 nitrogen and oxygen atoms in total. The number of aromatic nitrogens is 2. The minimum atomic E-state index is -4.53. The molecule has 0 amide bonds. The summed E-state index contributed by atoms with van der Waals surface area (Å²) in [6.45, 7) is 1.78. The number of aliphatic hydroxyl groups is 1. The molecule has 1 aromatic carbocycles. The van der Waals surface area contributed by atoms with E-state index in [9.17, 15) is 13.2 Å². The van der Waals surface area contributed by atoms with Gasteiger partial charge in [0.05, 0.1) is 18.9 Å². The average Bonchev–Trinajstić information content (AvgIpc) is 2.83. The van der Waals surface area contributed by atoms with Crippen molar-refractivity contribution in [2.75, 3.05) is 6.61 Å². The van der Waals surface area contributed by atoms with E-state index in [1.165, 1.54) is 0 Å². The Morgan fingerprint density at radius 1 is 1.25 bits per heavy atom. The second-order valence-corrected chi connectivity index (χ2v) is 4.03. The Hall–Kier alpha value is -2.02. The molecule has 2 rings (SSSR count). The van der Waals surface area contributed by atoms with Gasteiger partial charge in [0.2, 0.25) is 5.88 Å².